The summed E-state index contributed by atoms with van der Waals surface area (Å²) in [4.78, 5) is 25.7. The molecule has 0 bridgehead atoms. The van der Waals surface area contributed by atoms with Crippen molar-refractivity contribution in [2.75, 3.05) is 11.9 Å². The van der Waals surface area contributed by atoms with E-state index < -0.39 is 17.3 Å². The van der Waals surface area contributed by atoms with Gasteiger partial charge < -0.3 is 10.2 Å². The van der Waals surface area contributed by atoms with E-state index in [1.54, 1.807) is 6.92 Å². The van der Waals surface area contributed by atoms with Crippen LogP contribution in [0.3, 0.4) is 0 Å². The first kappa shape index (κ1) is 22.5. The molecule has 5 nitrogen and oxygen atoms in total. The number of halogens is 3. The van der Waals surface area contributed by atoms with Crippen molar-refractivity contribution in [2.45, 2.75) is 57.3 Å². The van der Waals surface area contributed by atoms with Gasteiger partial charge in [0.1, 0.15) is 11.5 Å². The smallest absolute Gasteiger partial charge is 0.365 e. The Bertz CT molecular complexity index is 1320. The van der Waals surface area contributed by atoms with Crippen LogP contribution in [-0.2, 0) is 6.18 Å². The Morgan fingerprint density at radius 3 is 2.57 bits per heavy atom. The molecule has 182 valence electrons. The van der Waals surface area contributed by atoms with Gasteiger partial charge in [0.05, 0.1) is 27.0 Å². The minimum absolute atomic E-state index is 0.0885. The third-order valence-corrected chi connectivity index (χ3v) is 8.56. The molecule has 1 aromatic carbocycles. The summed E-state index contributed by atoms with van der Waals surface area (Å²) in [6.45, 7) is 4.13. The molecule has 1 N–H and O–H groups in total. The van der Waals surface area contributed by atoms with Gasteiger partial charge in [-0.25, -0.2) is 9.97 Å². The van der Waals surface area contributed by atoms with Crippen molar-refractivity contribution < 1.29 is 18.0 Å². The molecule has 3 fully saturated rings. The van der Waals surface area contributed by atoms with E-state index in [0.717, 1.165) is 46.8 Å². The Kier molecular flexibility index (Phi) is 4.84. The highest BCUT2D eigenvalue weighted by Crippen LogP contribution is 2.65. The maximum absolute atomic E-state index is 13.9. The SMILES string of the molecule is Cc1cc(C(F)(F)F)cc(NC2CC23CC2(CC2)CN3C(=O)c2nc(C)sc2-c2ccccc2)n1. The number of carbonyl (C=O) groups excluding carboxylic acids is 1. The highest BCUT2D eigenvalue weighted by atomic mass is 32.1. The number of hydrogen-bond acceptors (Lipinski definition) is 5. The largest absolute Gasteiger partial charge is 0.416 e. The topological polar surface area (TPSA) is 58.1 Å². The molecule has 2 aromatic heterocycles. The molecule has 6 rings (SSSR count). The molecule has 2 saturated carbocycles. The zero-order chi connectivity index (χ0) is 24.6. The number of benzene rings is 1. The van der Waals surface area contributed by atoms with E-state index in [9.17, 15) is 18.0 Å². The Morgan fingerprint density at radius 1 is 1.14 bits per heavy atom. The van der Waals surface area contributed by atoms with Crippen LogP contribution in [0.5, 0.6) is 0 Å². The van der Waals surface area contributed by atoms with Crippen LogP contribution < -0.4 is 5.32 Å². The third-order valence-electron chi connectivity index (χ3n) is 7.54. The zero-order valence-corrected chi connectivity index (χ0v) is 20.3. The van der Waals surface area contributed by atoms with Crippen LogP contribution in [0.1, 0.15) is 52.4 Å². The van der Waals surface area contributed by atoms with Crippen molar-refractivity contribution in [3.05, 3.63) is 64.4 Å². The van der Waals surface area contributed by atoms with E-state index >= 15 is 0 Å². The van der Waals surface area contributed by atoms with Crippen molar-refractivity contribution in [3.8, 4) is 10.4 Å². The molecule has 3 aliphatic rings. The van der Waals surface area contributed by atoms with Crippen LogP contribution in [0, 0.1) is 19.3 Å². The van der Waals surface area contributed by atoms with E-state index in [1.165, 1.54) is 11.3 Å². The van der Waals surface area contributed by atoms with E-state index in [1.807, 2.05) is 42.2 Å². The number of nitrogens with zero attached hydrogens (tertiary/aromatic N) is 3. The van der Waals surface area contributed by atoms with Gasteiger partial charge >= 0.3 is 6.18 Å². The molecule has 2 atom stereocenters. The Balaban J connectivity index is 1.30. The first-order chi connectivity index (χ1) is 16.6. The molecular formula is C26H25F3N4OS. The molecule has 1 saturated heterocycles. The second-order valence-electron chi connectivity index (χ2n) is 10.2. The lowest BCUT2D eigenvalue weighted by atomic mass is 10.0. The van der Waals surface area contributed by atoms with Crippen LogP contribution in [-0.4, -0.2) is 38.9 Å². The van der Waals surface area contributed by atoms with Crippen LogP contribution >= 0.6 is 11.3 Å². The highest BCUT2D eigenvalue weighted by molar-refractivity contribution is 7.15. The molecule has 9 heteroatoms. The first-order valence-corrected chi connectivity index (χ1v) is 12.6. The number of anilines is 1. The number of amides is 1. The Hall–Kier alpha value is -2.94. The molecule has 2 unspecified atom stereocenters. The van der Waals surface area contributed by atoms with Crippen molar-refractivity contribution in [1.82, 2.24) is 14.9 Å². The number of rotatable bonds is 4. The normalized spacial score (nSPS) is 24.3. The van der Waals surface area contributed by atoms with Gasteiger partial charge in [0, 0.05) is 12.2 Å². The summed E-state index contributed by atoms with van der Waals surface area (Å²) in [5.74, 6) is 0.118. The average molecular weight is 499 g/mol. The van der Waals surface area contributed by atoms with E-state index in [4.69, 9.17) is 0 Å². The molecule has 0 radical (unpaired) electrons. The molecule has 1 aliphatic heterocycles. The molecule has 1 amide bonds. The maximum atomic E-state index is 13.9. The van der Waals surface area contributed by atoms with E-state index in [-0.39, 0.29) is 23.2 Å². The summed E-state index contributed by atoms with van der Waals surface area (Å²) in [5.41, 5.74) is 0.731. The van der Waals surface area contributed by atoms with Gasteiger partial charge in [-0.2, -0.15) is 13.2 Å². The maximum Gasteiger partial charge on any atom is 0.416 e. The van der Waals surface area contributed by atoms with Crippen molar-refractivity contribution in [2.24, 2.45) is 5.41 Å². The summed E-state index contributed by atoms with van der Waals surface area (Å²) in [6, 6.07) is 11.8. The van der Waals surface area contributed by atoms with Gasteiger partial charge in [0.25, 0.3) is 5.91 Å². The molecular weight excluding hydrogens is 473 g/mol. The minimum atomic E-state index is -4.44. The summed E-state index contributed by atoms with van der Waals surface area (Å²) in [5, 5.41) is 4.06. The number of alkyl halides is 3. The second-order valence-corrected chi connectivity index (χ2v) is 11.4. The van der Waals surface area contributed by atoms with Crippen molar-refractivity contribution in [3.63, 3.8) is 0 Å². The number of pyridine rings is 1. The lowest BCUT2D eigenvalue weighted by Gasteiger charge is -2.26. The monoisotopic (exact) mass is 498 g/mol. The molecule has 3 aromatic rings. The van der Waals surface area contributed by atoms with Gasteiger partial charge in [0.2, 0.25) is 0 Å². The summed E-state index contributed by atoms with van der Waals surface area (Å²) < 4.78 is 40.0. The lowest BCUT2D eigenvalue weighted by molar-refractivity contribution is -0.137. The fraction of sp³-hybridized carbons (Fsp3) is 0.423. The molecule has 2 aliphatic carbocycles. The molecule has 3 heterocycles. The minimum Gasteiger partial charge on any atom is -0.365 e. The van der Waals surface area contributed by atoms with E-state index in [2.05, 4.69) is 15.3 Å². The van der Waals surface area contributed by atoms with Gasteiger partial charge in [-0.05, 0) is 62.6 Å². The summed E-state index contributed by atoms with van der Waals surface area (Å²) in [6.07, 6.45) is -0.719. The summed E-state index contributed by atoms with van der Waals surface area (Å²) >= 11 is 1.51. The molecule has 2 spiro atoms. The van der Waals surface area contributed by atoms with Gasteiger partial charge in [-0.15, -0.1) is 11.3 Å². The Labute approximate surface area is 205 Å². The van der Waals surface area contributed by atoms with Crippen LogP contribution in [0.15, 0.2) is 42.5 Å². The second kappa shape index (κ2) is 7.53. The fourth-order valence-electron chi connectivity index (χ4n) is 5.62. The van der Waals surface area contributed by atoms with Gasteiger partial charge in [-0.1, -0.05) is 30.3 Å². The van der Waals surface area contributed by atoms with Crippen LogP contribution in [0.2, 0.25) is 0 Å². The predicted molar refractivity (Wildman–Crippen MR) is 128 cm³/mol. The highest BCUT2D eigenvalue weighted by Gasteiger charge is 2.70. The number of nitrogens with one attached hydrogen (secondary N) is 1. The van der Waals surface area contributed by atoms with Gasteiger partial charge in [0.15, 0.2) is 0 Å². The Morgan fingerprint density at radius 2 is 1.89 bits per heavy atom. The van der Waals surface area contributed by atoms with Gasteiger partial charge in [-0.3, -0.25) is 4.79 Å². The van der Waals surface area contributed by atoms with Crippen molar-refractivity contribution >= 4 is 23.1 Å². The number of thiazole rings is 1. The number of aryl methyl sites for hydroxylation is 2. The van der Waals surface area contributed by atoms with Crippen LogP contribution in [0.25, 0.3) is 10.4 Å². The number of likely N-dealkylation sites (tertiary alicyclic amines) is 1. The van der Waals surface area contributed by atoms with Crippen LogP contribution in [0.4, 0.5) is 19.0 Å². The first-order valence-electron chi connectivity index (χ1n) is 11.8. The standard InChI is InChI=1S/C26H25F3N4OS/c1-15-10-18(26(27,28)29)11-20(30-15)32-19-12-25(19)13-24(8-9-24)14-33(25)23(34)21-22(35-16(2)31-21)17-6-4-3-5-7-17/h3-7,10-11,19H,8-9,12-14H2,1-2H3,(H,30,32). The van der Waals surface area contributed by atoms with E-state index in [0.29, 0.717) is 24.4 Å². The lowest BCUT2D eigenvalue weighted by Crippen LogP contribution is -2.41. The number of hydrogen-bond donors (Lipinski definition) is 1. The molecule has 35 heavy (non-hydrogen) atoms. The predicted octanol–water partition coefficient (Wildman–Crippen LogP) is 6.09. The average Bonchev–Trinajstić information content (AvgIpc) is 3.62. The fourth-order valence-corrected chi connectivity index (χ4v) is 6.54. The third kappa shape index (κ3) is 3.90. The number of carbonyl (C=O) groups is 1. The summed E-state index contributed by atoms with van der Waals surface area (Å²) in [7, 11) is 0. The van der Waals surface area contributed by atoms with Crippen molar-refractivity contribution in [1.29, 1.82) is 0 Å². The quantitative estimate of drug-likeness (QED) is 0.473. The number of aromatic nitrogens is 2. The zero-order valence-electron chi connectivity index (χ0n) is 19.4.